The summed E-state index contributed by atoms with van der Waals surface area (Å²) < 4.78 is 59.1. The van der Waals surface area contributed by atoms with Crippen molar-refractivity contribution >= 4 is 11.6 Å². The minimum absolute atomic E-state index is 0. The van der Waals surface area contributed by atoms with Crippen LogP contribution >= 0.6 is 0 Å². The van der Waals surface area contributed by atoms with Crippen molar-refractivity contribution in [1.82, 2.24) is 0 Å². The first kappa shape index (κ1) is 21.9. The van der Waals surface area contributed by atoms with Crippen LogP contribution in [0.4, 0.5) is 18.9 Å². The Morgan fingerprint density at radius 1 is 1.00 bits per heavy atom. The number of amides is 1. The second-order valence-corrected chi connectivity index (χ2v) is 8.09. The van der Waals surface area contributed by atoms with Gasteiger partial charge in [0, 0.05) is 12.7 Å². The Morgan fingerprint density at radius 3 is 2.41 bits per heavy atom. The number of hydrogen-bond donors (Lipinski definition) is 1. The molecule has 0 spiro atoms. The number of benzene rings is 3. The number of halogens is 3. The average molecular weight is 473 g/mol. The van der Waals surface area contributed by atoms with E-state index in [0.29, 0.717) is 41.3 Å². The lowest BCUT2D eigenvalue weighted by atomic mass is 9.94. The summed E-state index contributed by atoms with van der Waals surface area (Å²) in [7, 11) is 1.50. The van der Waals surface area contributed by atoms with Gasteiger partial charge in [0.2, 0.25) is 12.7 Å². The van der Waals surface area contributed by atoms with E-state index in [1.165, 1.54) is 25.3 Å². The quantitative estimate of drug-likeness (QED) is 0.483. The molecular formula is C25H22F3NO5. The molecule has 0 unspecified atom stereocenters. The zero-order valence-electron chi connectivity index (χ0n) is 18.1. The first-order chi connectivity index (χ1) is 16.3. The van der Waals surface area contributed by atoms with Gasteiger partial charge in [0.25, 0.3) is 0 Å². The molecule has 1 heterocycles. The average Bonchev–Trinajstić information content (AvgIpc) is 3.50. The van der Waals surface area contributed by atoms with Crippen molar-refractivity contribution < 1.29 is 38.3 Å². The molecule has 5 rings (SSSR count). The molecular weight excluding hydrogens is 451 g/mol. The molecule has 34 heavy (non-hydrogen) atoms. The lowest BCUT2D eigenvalue weighted by molar-refractivity contribution is -0.274. The smallest absolute Gasteiger partial charge is 0.497 e. The lowest BCUT2D eigenvalue weighted by Crippen LogP contribution is -2.27. The number of fused-ring (bicyclic) bond motifs is 1. The molecule has 0 atom stereocenters. The Hall–Kier alpha value is -3.88. The van der Waals surface area contributed by atoms with Crippen molar-refractivity contribution in [3.8, 4) is 34.1 Å². The highest BCUT2D eigenvalue weighted by atomic mass is 19.4. The topological polar surface area (TPSA) is 66.0 Å². The monoisotopic (exact) mass is 473 g/mol. The summed E-state index contributed by atoms with van der Waals surface area (Å²) in [6, 6.07) is 16.0. The van der Waals surface area contributed by atoms with Crippen molar-refractivity contribution in [3.05, 3.63) is 66.2 Å². The van der Waals surface area contributed by atoms with Gasteiger partial charge in [-0.1, -0.05) is 18.2 Å². The highest BCUT2D eigenvalue weighted by Gasteiger charge is 2.51. The van der Waals surface area contributed by atoms with Crippen molar-refractivity contribution in [1.29, 1.82) is 0 Å². The Labute approximate surface area is 194 Å². The molecule has 3 aromatic carbocycles. The highest BCUT2D eigenvalue weighted by Crippen LogP contribution is 2.51. The number of carbonyl (C=O) groups is 1. The van der Waals surface area contributed by atoms with E-state index < -0.39 is 11.8 Å². The number of anilines is 1. The number of methoxy groups -OCH3 is 1. The molecule has 1 aliphatic carbocycles. The van der Waals surface area contributed by atoms with Crippen LogP contribution in [-0.2, 0) is 10.2 Å². The van der Waals surface area contributed by atoms with Gasteiger partial charge in [0.05, 0.1) is 12.5 Å². The van der Waals surface area contributed by atoms with E-state index in [0.717, 1.165) is 5.56 Å². The van der Waals surface area contributed by atoms with Gasteiger partial charge in [-0.2, -0.15) is 0 Å². The molecule has 0 bridgehead atoms. The summed E-state index contributed by atoms with van der Waals surface area (Å²) in [5, 5.41) is 2.86. The van der Waals surface area contributed by atoms with Gasteiger partial charge in [-0.3, -0.25) is 4.79 Å². The minimum atomic E-state index is -4.86. The van der Waals surface area contributed by atoms with E-state index in [9.17, 15) is 18.0 Å². The summed E-state index contributed by atoms with van der Waals surface area (Å²) in [5.41, 5.74) is 1.11. The summed E-state index contributed by atoms with van der Waals surface area (Å²) >= 11 is 0. The predicted molar refractivity (Wildman–Crippen MR) is 119 cm³/mol. The highest BCUT2D eigenvalue weighted by molar-refractivity contribution is 6.02. The first-order valence-electron chi connectivity index (χ1n) is 10.5. The van der Waals surface area contributed by atoms with Gasteiger partial charge >= 0.3 is 6.36 Å². The van der Waals surface area contributed by atoms with E-state index in [2.05, 4.69) is 10.1 Å². The Bertz CT molecular complexity index is 1240. The molecule has 0 saturated heterocycles. The molecule has 3 aromatic rings. The Morgan fingerprint density at radius 2 is 1.74 bits per heavy atom. The first-order valence-corrected chi connectivity index (χ1v) is 10.5. The third-order valence-electron chi connectivity index (χ3n) is 5.97. The van der Waals surface area contributed by atoms with E-state index in [4.69, 9.17) is 14.2 Å². The van der Waals surface area contributed by atoms with Crippen molar-refractivity contribution in [2.24, 2.45) is 0 Å². The fraction of sp³-hybridized carbons (Fsp3) is 0.240. The van der Waals surface area contributed by atoms with Crippen LogP contribution in [0.15, 0.2) is 60.7 Å². The molecule has 0 radical (unpaired) electrons. The lowest BCUT2D eigenvalue weighted by Gasteiger charge is -2.18. The standard InChI is InChI=1S/C25H20F3NO5.H2/c1-31-18-6-2-15(3-7-18)19-13-17(5-9-20(19)34-25(26,27)28)29-23(30)24(10-11-24)16-4-8-21-22(12-16)33-14-32-21;/h2-9,12-13H,10-11,14H2,1H3,(H,29,30);1H. The second kappa shape index (κ2) is 8.16. The van der Waals surface area contributed by atoms with Crippen LogP contribution in [0.25, 0.3) is 11.1 Å². The van der Waals surface area contributed by atoms with Crippen LogP contribution in [0.1, 0.15) is 19.8 Å². The molecule has 6 nitrogen and oxygen atoms in total. The second-order valence-electron chi connectivity index (χ2n) is 8.09. The predicted octanol–water partition coefficient (Wildman–Crippen LogP) is 5.91. The van der Waals surface area contributed by atoms with E-state index in [1.807, 2.05) is 6.07 Å². The van der Waals surface area contributed by atoms with Crippen LogP contribution in [-0.4, -0.2) is 26.2 Å². The van der Waals surface area contributed by atoms with E-state index in [1.54, 1.807) is 36.4 Å². The normalized spacial score (nSPS) is 15.5. The maximum atomic E-state index is 13.2. The molecule has 1 N–H and O–H groups in total. The molecule has 0 aromatic heterocycles. The van der Waals surface area contributed by atoms with Gasteiger partial charge in [0.15, 0.2) is 11.5 Å². The molecule has 9 heteroatoms. The van der Waals surface area contributed by atoms with Crippen molar-refractivity contribution in [2.45, 2.75) is 24.6 Å². The van der Waals surface area contributed by atoms with Gasteiger partial charge < -0.3 is 24.3 Å². The van der Waals surface area contributed by atoms with Gasteiger partial charge in [0.1, 0.15) is 11.5 Å². The number of rotatable bonds is 6. The molecule has 1 aliphatic heterocycles. The molecule has 1 fully saturated rings. The van der Waals surface area contributed by atoms with Gasteiger partial charge in [-0.25, -0.2) is 0 Å². The fourth-order valence-corrected chi connectivity index (χ4v) is 4.03. The van der Waals surface area contributed by atoms with Crippen LogP contribution in [0, 0.1) is 0 Å². The maximum Gasteiger partial charge on any atom is 0.573 e. The maximum absolute atomic E-state index is 13.2. The van der Waals surface area contributed by atoms with Crippen LogP contribution < -0.4 is 24.3 Å². The number of carbonyl (C=O) groups excluding carboxylic acids is 1. The number of hydrogen-bond acceptors (Lipinski definition) is 5. The molecule has 1 saturated carbocycles. The molecule has 2 aliphatic rings. The van der Waals surface area contributed by atoms with Gasteiger partial charge in [-0.05, 0) is 66.4 Å². The number of ether oxygens (including phenoxy) is 4. The Kier molecular flexibility index (Phi) is 5.27. The summed E-state index contributed by atoms with van der Waals surface area (Å²) in [6.07, 6.45) is -3.55. The van der Waals surface area contributed by atoms with Crippen LogP contribution in [0.2, 0.25) is 0 Å². The largest absolute Gasteiger partial charge is 0.573 e. The minimum Gasteiger partial charge on any atom is -0.497 e. The van der Waals surface area contributed by atoms with Crippen LogP contribution in [0.5, 0.6) is 23.0 Å². The van der Waals surface area contributed by atoms with Crippen molar-refractivity contribution in [3.63, 3.8) is 0 Å². The van der Waals surface area contributed by atoms with E-state index in [-0.39, 0.29) is 25.4 Å². The SMILES string of the molecule is COc1ccc(-c2cc(NC(=O)C3(c4ccc5c(c4)OCO5)CC3)ccc2OC(F)(F)F)cc1.[HH]. The summed E-state index contributed by atoms with van der Waals surface area (Å²) in [4.78, 5) is 13.2. The summed E-state index contributed by atoms with van der Waals surface area (Å²) in [6.45, 7) is 0.137. The van der Waals surface area contributed by atoms with E-state index >= 15 is 0 Å². The number of alkyl halides is 3. The third kappa shape index (κ3) is 4.21. The summed E-state index contributed by atoms with van der Waals surface area (Å²) in [5.74, 6) is 1.17. The number of nitrogens with one attached hydrogen (secondary N) is 1. The third-order valence-corrected chi connectivity index (χ3v) is 5.97. The fourth-order valence-electron chi connectivity index (χ4n) is 4.03. The zero-order chi connectivity index (χ0) is 23.9. The molecule has 1 amide bonds. The van der Waals surface area contributed by atoms with Crippen molar-refractivity contribution in [2.75, 3.05) is 19.2 Å². The molecule has 178 valence electrons. The van der Waals surface area contributed by atoms with Crippen LogP contribution in [0.3, 0.4) is 0 Å². The zero-order valence-corrected chi connectivity index (χ0v) is 18.1. The Balaban J connectivity index is 0.00000289. The van der Waals surface area contributed by atoms with Gasteiger partial charge in [-0.15, -0.1) is 13.2 Å².